The minimum absolute atomic E-state index is 0.159. The van der Waals surface area contributed by atoms with Crippen LogP contribution in [0.5, 0.6) is 0 Å². The minimum atomic E-state index is -1.33. The van der Waals surface area contributed by atoms with Crippen LogP contribution in [0.1, 0.15) is 19.8 Å². The second kappa shape index (κ2) is 7.14. The molecular weight excluding hydrogens is 186 g/mol. The quantitative estimate of drug-likeness (QED) is 0.413. The Labute approximate surface area is 82.9 Å². The van der Waals surface area contributed by atoms with Gasteiger partial charge < -0.3 is 21.5 Å². The number of hydrogen-bond donors (Lipinski definition) is 4. The number of nitrogens with two attached hydrogens (primary N) is 1. The highest BCUT2D eigenvalue weighted by atomic mass is 16.3. The zero-order valence-corrected chi connectivity index (χ0v) is 8.25. The Morgan fingerprint density at radius 2 is 2.07 bits per heavy atom. The Morgan fingerprint density at radius 3 is 2.57 bits per heavy atom. The van der Waals surface area contributed by atoms with Crippen LogP contribution in [-0.4, -0.2) is 36.2 Å². The van der Waals surface area contributed by atoms with Crippen LogP contribution in [0.25, 0.3) is 0 Å². The van der Waals surface area contributed by atoms with Crippen molar-refractivity contribution >= 4 is 11.9 Å². The summed E-state index contributed by atoms with van der Waals surface area (Å²) in [5.74, 6) is -0.848. The predicted octanol–water partition coefficient (Wildman–Crippen LogP) is -1.07. The Balaban J connectivity index is 3.48. The van der Waals surface area contributed by atoms with Crippen LogP contribution in [-0.2, 0) is 4.79 Å². The molecule has 5 N–H and O–H groups in total. The summed E-state index contributed by atoms with van der Waals surface area (Å²) in [5.41, 5.74) is 4.78. The first kappa shape index (κ1) is 12.7. The van der Waals surface area contributed by atoms with Gasteiger partial charge in [-0.25, -0.2) is 4.79 Å². The minimum Gasteiger partial charge on any atom is -0.381 e. The average Bonchev–Trinajstić information content (AvgIpc) is 2.14. The maximum Gasteiger partial charge on any atom is 0.314 e. The Bertz CT molecular complexity index is 196. The van der Waals surface area contributed by atoms with E-state index in [-0.39, 0.29) is 6.54 Å². The highest BCUT2D eigenvalue weighted by molar-refractivity contribution is 5.80. The van der Waals surface area contributed by atoms with E-state index >= 15 is 0 Å². The van der Waals surface area contributed by atoms with Crippen LogP contribution < -0.4 is 16.4 Å². The second-order valence-corrected chi connectivity index (χ2v) is 2.91. The van der Waals surface area contributed by atoms with Crippen molar-refractivity contribution in [3.8, 4) is 0 Å². The maximum absolute atomic E-state index is 11.0. The largest absolute Gasteiger partial charge is 0.381 e. The number of carbonyl (C=O) groups excluding carboxylic acids is 2. The molecule has 1 unspecified atom stereocenters. The van der Waals surface area contributed by atoms with Crippen LogP contribution in [0.2, 0.25) is 0 Å². The van der Waals surface area contributed by atoms with Crippen molar-refractivity contribution in [2.24, 2.45) is 5.73 Å². The molecule has 0 aliphatic heterocycles. The molecule has 1 atom stereocenters. The number of nitrogens with one attached hydrogen (secondary N) is 2. The molecule has 0 saturated carbocycles. The van der Waals surface area contributed by atoms with Crippen molar-refractivity contribution in [3.05, 3.63) is 0 Å². The summed E-state index contributed by atoms with van der Waals surface area (Å²) in [5, 5.41) is 13.8. The normalized spacial score (nSPS) is 11.9. The van der Waals surface area contributed by atoms with Crippen LogP contribution >= 0.6 is 0 Å². The molecule has 0 aliphatic carbocycles. The third kappa shape index (κ3) is 6.24. The van der Waals surface area contributed by atoms with E-state index in [0.717, 1.165) is 12.8 Å². The molecule has 82 valence electrons. The standard InChI is InChI=1S/C8H17N3O3/c1-2-3-4-10-8(14)11-5-6(12)7(9)13/h6,12H,2-5H2,1H3,(H2,9,13)(H2,10,11,14). The smallest absolute Gasteiger partial charge is 0.314 e. The van der Waals surface area contributed by atoms with Gasteiger partial charge in [0.15, 0.2) is 0 Å². The number of aliphatic hydroxyl groups excluding tert-OH is 1. The van der Waals surface area contributed by atoms with Gasteiger partial charge in [-0.3, -0.25) is 4.79 Å². The van der Waals surface area contributed by atoms with E-state index in [9.17, 15) is 9.59 Å². The highest BCUT2D eigenvalue weighted by Crippen LogP contribution is 1.82. The topological polar surface area (TPSA) is 104 Å². The summed E-state index contributed by atoms with van der Waals surface area (Å²) in [7, 11) is 0. The van der Waals surface area contributed by atoms with Crippen LogP contribution in [0.15, 0.2) is 0 Å². The number of aliphatic hydroxyl groups is 1. The van der Waals surface area contributed by atoms with Gasteiger partial charge in [0.1, 0.15) is 6.10 Å². The molecule has 0 bridgehead atoms. The lowest BCUT2D eigenvalue weighted by Gasteiger charge is -2.09. The Kier molecular flexibility index (Phi) is 6.47. The van der Waals surface area contributed by atoms with Crippen LogP contribution in [0.3, 0.4) is 0 Å². The van der Waals surface area contributed by atoms with E-state index in [1.54, 1.807) is 0 Å². The number of urea groups is 1. The number of hydrogen-bond acceptors (Lipinski definition) is 3. The SMILES string of the molecule is CCCCNC(=O)NCC(O)C(N)=O. The van der Waals surface area contributed by atoms with Gasteiger partial charge in [-0.2, -0.15) is 0 Å². The van der Waals surface area contributed by atoms with Crippen molar-refractivity contribution in [2.75, 3.05) is 13.1 Å². The molecule has 0 saturated heterocycles. The van der Waals surface area contributed by atoms with Gasteiger partial charge in [-0.15, -0.1) is 0 Å². The second-order valence-electron chi connectivity index (χ2n) is 2.91. The third-order valence-electron chi connectivity index (χ3n) is 1.60. The van der Waals surface area contributed by atoms with E-state index in [0.29, 0.717) is 6.54 Å². The van der Waals surface area contributed by atoms with Crippen molar-refractivity contribution in [1.29, 1.82) is 0 Å². The van der Waals surface area contributed by atoms with E-state index in [1.165, 1.54) is 0 Å². The first-order valence-corrected chi connectivity index (χ1v) is 4.57. The van der Waals surface area contributed by atoms with Crippen molar-refractivity contribution in [1.82, 2.24) is 10.6 Å². The zero-order valence-electron chi connectivity index (χ0n) is 8.25. The number of amides is 3. The lowest BCUT2D eigenvalue weighted by atomic mass is 10.3. The molecule has 0 spiro atoms. The van der Waals surface area contributed by atoms with Crippen LogP contribution in [0, 0.1) is 0 Å². The fourth-order valence-electron chi connectivity index (χ4n) is 0.731. The first-order chi connectivity index (χ1) is 6.57. The molecule has 0 rings (SSSR count). The van der Waals surface area contributed by atoms with E-state index in [2.05, 4.69) is 10.6 Å². The van der Waals surface area contributed by atoms with Crippen molar-refractivity contribution < 1.29 is 14.7 Å². The summed E-state index contributed by atoms with van der Waals surface area (Å²) >= 11 is 0. The number of primary amides is 1. The summed E-state index contributed by atoms with van der Waals surface area (Å²) in [6.45, 7) is 2.43. The Morgan fingerprint density at radius 1 is 1.43 bits per heavy atom. The van der Waals surface area contributed by atoms with Gasteiger partial charge in [0.05, 0.1) is 6.54 Å². The fraction of sp³-hybridized carbons (Fsp3) is 0.750. The van der Waals surface area contributed by atoms with Gasteiger partial charge in [0.25, 0.3) is 0 Å². The van der Waals surface area contributed by atoms with Gasteiger partial charge in [-0.05, 0) is 6.42 Å². The predicted molar refractivity (Wildman–Crippen MR) is 51.5 cm³/mol. The molecule has 0 fully saturated rings. The average molecular weight is 203 g/mol. The van der Waals surface area contributed by atoms with Gasteiger partial charge in [-0.1, -0.05) is 13.3 Å². The van der Waals surface area contributed by atoms with Gasteiger partial charge in [0.2, 0.25) is 5.91 Å². The lowest BCUT2D eigenvalue weighted by Crippen LogP contribution is -2.44. The maximum atomic E-state index is 11.0. The number of rotatable bonds is 6. The molecule has 0 radical (unpaired) electrons. The summed E-state index contributed by atoms with van der Waals surface area (Å²) in [6, 6.07) is -0.404. The van der Waals surface area contributed by atoms with Crippen LogP contribution in [0.4, 0.5) is 4.79 Å². The van der Waals surface area contributed by atoms with Gasteiger partial charge in [0, 0.05) is 6.54 Å². The Hall–Kier alpha value is -1.30. The summed E-state index contributed by atoms with van der Waals surface area (Å²) in [4.78, 5) is 21.3. The first-order valence-electron chi connectivity index (χ1n) is 4.57. The molecule has 6 nitrogen and oxygen atoms in total. The van der Waals surface area contributed by atoms with Crippen molar-refractivity contribution in [3.63, 3.8) is 0 Å². The molecule has 0 aromatic rings. The summed E-state index contributed by atoms with van der Waals surface area (Å²) in [6.07, 6.45) is 0.558. The number of unbranched alkanes of at least 4 members (excludes halogenated alkanes) is 1. The van der Waals surface area contributed by atoms with Gasteiger partial charge >= 0.3 is 6.03 Å². The fourth-order valence-corrected chi connectivity index (χ4v) is 0.731. The molecule has 3 amide bonds. The molecule has 0 aliphatic rings. The van der Waals surface area contributed by atoms with E-state index < -0.39 is 18.0 Å². The molecule has 0 aromatic heterocycles. The zero-order chi connectivity index (χ0) is 11.0. The third-order valence-corrected chi connectivity index (χ3v) is 1.60. The highest BCUT2D eigenvalue weighted by Gasteiger charge is 2.11. The molecule has 6 heteroatoms. The molecule has 14 heavy (non-hydrogen) atoms. The monoisotopic (exact) mass is 203 g/mol. The molecule has 0 aromatic carbocycles. The van der Waals surface area contributed by atoms with E-state index in [4.69, 9.17) is 10.8 Å². The number of carbonyl (C=O) groups is 2. The summed E-state index contributed by atoms with van der Waals surface area (Å²) < 4.78 is 0. The molecule has 0 heterocycles. The van der Waals surface area contributed by atoms with E-state index in [1.807, 2.05) is 6.92 Å². The lowest BCUT2D eigenvalue weighted by molar-refractivity contribution is -0.125. The van der Waals surface area contributed by atoms with Crippen molar-refractivity contribution in [2.45, 2.75) is 25.9 Å². The molecular formula is C8H17N3O3.